The van der Waals surface area contributed by atoms with Crippen LogP contribution < -0.4 is 0 Å². The zero-order chi connectivity index (χ0) is 24.4. The van der Waals surface area contributed by atoms with Gasteiger partial charge in [0.05, 0.1) is 16.6 Å². The zero-order valence-corrected chi connectivity index (χ0v) is 21.1. The summed E-state index contributed by atoms with van der Waals surface area (Å²) < 4.78 is 0. The van der Waals surface area contributed by atoms with Crippen LogP contribution in [0.2, 0.25) is 0 Å². The maximum absolute atomic E-state index is 11.7. The first kappa shape index (κ1) is 25.9. The monoisotopic (exact) mass is 460 g/mol. The average Bonchev–Trinajstić information content (AvgIpc) is 3.12. The highest BCUT2D eigenvalue weighted by molar-refractivity contribution is 5.82. The van der Waals surface area contributed by atoms with Crippen molar-refractivity contribution in [1.82, 2.24) is 0 Å². The van der Waals surface area contributed by atoms with E-state index in [1.165, 1.54) is 69.8 Å². The Morgan fingerprint density at radius 1 is 0.765 bits per heavy atom. The number of benzene rings is 2. The van der Waals surface area contributed by atoms with Gasteiger partial charge in [0.15, 0.2) is 0 Å². The lowest BCUT2D eigenvalue weighted by molar-refractivity contribution is -0.384. The topological polar surface area (TPSA) is 66.9 Å². The molecule has 0 aromatic heterocycles. The second-order valence-electron chi connectivity index (χ2n) is 9.98. The molecule has 0 atom stereocenters. The second-order valence-corrected chi connectivity index (χ2v) is 9.98. The molecule has 0 heterocycles. The van der Waals surface area contributed by atoms with Crippen LogP contribution in [0.5, 0.6) is 0 Å². The molecule has 0 N–H and O–H groups in total. The van der Waals surface area contributed by atoms with Crippen molar-refractivity contribution < 1.29 is 4.92 Å². The third kappa shape index (κ3) is 5.87. The van der Waals surface area contributed by atoms with Crippen LogP contribution in [0, 0.1) is 21.4 Å². The molecule has 1 aliphatic carbocycles. The van der Waals surface area contributed by atoms with Gasteiger partial charge in [-0.05, 0) is 53.3 Å². The molecule has 4 heteroatoms. The molecule has 182 valence electrons. The number of rotatable bonds is 15. The van der Waals surface area contributed by atoms with E-state index < -0.39 is 0 Å². The van der Waals surface area contributed by atoms with Crippen molar-refractivity contribution in [3.63, 3.8) is 0 Å². The Kier molecular flexibility index (Phi) is 9.69. The summed E-state index contributed by atoms with van der Waals surface area (Å²) in [6, 6.07) is 13.7. The quantitative estimate of drug-likeness (QED) is 0.151. The molecule has 34 heavy (non-hydrogen) atoms. The van der Waals surface area contributed by atoms with E-state index in [0.29, 0.717) is 5.56 Å². The van der Waals surface area contributed by atoms with Crippen molar-refractivity contribution in [2.45, 2.75) is 109 Å². The van der Waals surface area contributed by atoms with Gasteiger partial charge in [-0.2, -0.15) is 5.26 Å². The van der Waals surface area contributed by atoms with Gasteiger partial charge >= 0.3 is 0 Å². The van der Waals surface area contributed by atoms with Crippen LogP contribution >= 0.6 is 0 Å². The number of fused-ring (bicyclic) bond motifs is 3. The average molecular weight is 461 g/mol. The van der Waals surface area contributed by atoms with Crippen LogP contribution in [0.1, 0.15) is 120 Å². The van der Waals surface area contributed by atoms with E-state index in [4.69, 9.17) is 0 Å². The Balaban J connectivity index is 1.96. The van der Waals surface area contributed by atoms with Gasteiger partial charge in [-0.25, -0.2) is 0 Å². The SMILES string of the molecule is CCCCCCCCC1(CCCCCCCC)c2cc(C#N)ccc2-c2ccc([N+](=O)[O-])cc21. The first-order chi connectivity index (χ1) is 16.6. The number of nitriles is 1. The standard InChI is InChI=1S/C30H40N2O2/c1-3-5-7-9-11-13-19-30(20-14-12-10-8-6-4-2)28-21-24(23-31)15-17-26(28)27-18-16-25(32(33)34)22-29(27)30/h15-18,21-22H,3-14,19-20H2,1-2H3. The molecule has 3 rings (SSSR count). The predicted octanol–water partition coefficient (Wildman–Crippen LogP) is 9.23. The fourth-order valence-corrected chi connectivity index (χ4v) is 5.74. The molecule has 0 bridgehead atoms. The minimum absolute atomic E-state index is 0.169. The molecule has 1 aliphatic rings. The van der Waals surface area contributed by atoms with Gasteiger partial charge in [-0.3, -0.25) is 10.1 Å². The van der Waals surface area contributed by atoms with E-state index in [2.05, 4.69) is 32.0 Å². The molecule has 0 saturated heterocycles. The summed E-state index contributed by atoms with van der Waals surface area (Å²) in [5.74, 6) is 0. The number of nitro benzene ring substituents is 1. The minimum atomic E-state index is -0.274. The Morgan fingerprint density at radius 2 is 1.26 bits per heavy atom. The van der Waals surface area contributed by atoms with Crippen molar-refractivity contribution >= 4 is 5.69 Å². The van der Waals surface area contributed by atoms with Crippen molar-refractivity contribution in [2.24, 2.45) is 0 Å². The van der Waals surface area contributed by atoms with Gasteiger partial charge in [0, 0.05) is 17.5 Å². The summed E-state index contributed by atoms with van der Waals surface area (Å²) in [7, 11) is 0. The molecule has 2 aromatic carbocycles. The lowest BCUT2D eigenvalue weighted by Crippen LogP contribution is -2.26. The summed E-state index contributed by atoms with van der Waals surface area (Å²) in [6.45, 7) is 4.48. The lowest BCUT2D eigenvalue weighted by atomic mass is 9.70. The van der Waals surface area contributed by atoms with Gasteiger partial charge in [0.25, 0.3) is 5.69 Å². The first-order valence-corrected chi connectivity index (χ1v) is 13.4. The van der Waals surface area contributed by atoms with Gasteiger partial charge in [-0.1, -0.05) is 97.0 Å². The summed E-state index contributed by atoms with van der Waals surface area (Å²) in [6.07, 6.45) is 16.7. The lowest BCUT2D eigenvalue weighted by Gasteiger charge is -2.33. The predicted molar refractivity (Wildman–Crippen MR) is 140 cm³/mol. The maximum atomic E-state index is 11.7. The molecule has 0 fully saturated rings. The molecular formula is C30H40N2O2. The largest absolute Gasteiger partial charge is 0.269 e. The smallest absolute Gasteiger partial charge is 0.258 e. The highest BCUT2D eigenvalue weighted by Crippen LogP contribution is 2.55. The van der Waals surface area contributed by atoms with E-state index >= 15 is 0 Å². The van der Waals surface area contributed by atoms with Crippen molar-refractivity contribution in [2.75, 3.05) is 0 Å². The Labute approximate surface area is 205 Å². The van der Waals surface area contributed by atoms with Gasteiger partial charge in [-0.15, -0.1) is 0 Å². The second kappa shape index (κ2) is 12.7. The molecule has 0 amide bonds. The van der Waals surface area contributed by atoms with E-state index in [1.54, 1.807) is 6.07 Å². The minimum Gasteiger partial charge on any atom is -0.258 e. The van der Waals surface area contributed by atoms with Gasteiger partial charge in [0.2, 0.25) is 0 Å². The summed E-state index contributed by atoms with van der Waals surface area (Å²) >= 11 is 0. The number of unbranched alkanes of at least 4 members (excludes halogenated alkanes) is 10. The summed E-state index contributed by atoms with van der Waals surface area (Å²) in [5, 5.41) is 21.3. The van der Waals surface area contributed by atoms with Crippen LogP contribution in [0.3, 0.4) is 0 Å². The van der Waals surface area contributed by atoms with E-state index in [-0.39, 0.29) is 16.0 Å². The molecule has 0 spiro atoms. The van der Waals surface area contributed by atoms with E-state index in [9.17, 15) is 15.4 Å². The fraction of sp³-hybridized carbons (Fsp3) is 0.567. The van der Waals surface area contributed by atoms with Crippen molar-refractivity contribution in [1.29, 1.82) is 5.26 Å². The Morgan fingerprint density at radius 3 is 1.79 bits per heavy atom. The Hall–Kier alpha value is -2.67. The van der Waals surface area contributed by atoms with Crippen LogP contribution in [-0.2, 0) is 5.41 Å². The summed E-state index contributed by atoms with van der Waals surface area (Å²) in [4.78, 5) is 11.4. The van der Waals surface area contributed by atoms with Gasteiger partial charge in [0.1, 0.15) is 0 Å². The number of nitrogens with zero attached hydrogens (tertiary/aromatic N) is 2. The maximum Gasteiger partial charge on any atom is 0.269 e. The van der Waals surface area contributed by atoms with Crippen molar-refractivity contribution in [3.8, 4) is 17.2 Å². The number of hydrogen-bond acceptors (Lipinski definition) is 3. The van der Waals surface area contributed by atoms with Gasteiger partial charge < -0.3 is 0 Å². The molecule has 4 nitrogen and oxygen atoms in total. The Bertz CT molecular complexity index is 989. The van der Waals surface area contributed by atoms with Crippen LogP contribution in [0.4, 0.5) is 5.69 Å². The molecule has 0 saturated carbocycles. The third-order valence-corrected chi connectivity index (χ3v) is 7.60. The number of hydrogen-bond donors (Lipinski definition) is 0. The molecule has 0 unspecified atom stereocenters. The van der Waals surface area contributed by atoms with E-state index in [1.807, 2.05) is 18.2 Å². The van der Waals surface area contributed by atoms with Crippen LogP contribution in [0.25, 0.3) is 11.1 Å². The zero-order valence-electron chi connectivity index (χ0n) is 21.1. The van der Waals surface area contributed by atoms with Crippen LogP contribution in [0.15, 0.2) is 36.4 Å². The molecule has 2 aromatic rings. The third-order valence-electron chi connectivity index (χ3n) is 7.60. The van der Waals surface area contributed by atoms with E-state index in [0.717, 1.165) is 42.4 Å². The van der Waals surface area contributed by atoms with Crippen LogP contribution in [-0.4, -0.2) is 4.92 Å². The first-order valence-electron chi connectivity index (χ1n) is 13.4. The summed E-state index contributed by atoms with van der Waals surface area (Å²) in [5.41, 5.74) is 5.19. The fourth-order valence-electron chi connectivity index (χ4n) is 5.74. The number of nitro groups is 1. The highest BCUT2D eigenvalue weighted by atomic mass is 16.6. The highest BCUT2D eigenvalue weighted by Gasteiger charge is 2.43. The molecule has 0 aliphatic heterocycles. The molecule has 0 radical (unpaired) electrons. The van der Waals surface area contributed by atoms with Crippen molar-refractivity contribution in [3.05, 3.63) is 63.2 Å². The molecular weight excluding hydrogens is 420 g/mol. The number of non-ortho nitro benzene ring substituents is 1. The normalized spacial score (nSPS) is 13.3.